The van der Waals surface area contributed by atoms with Crippen LogP contribution >= 0.6 is 34.8 Å². The molecule has 1 aliphatic rings. The van der Waals surface area contributed by atoms with E-state index in [-0.39, 0.29) is 41.5 Å². The van der Waals surface area contributed by atoms with Crippen LogP contribution in [0.5, 0.6) is 0 Å². The number of ether oxygens (including phenoxy) is 1. The Labute approximate surface area is 286 Å². The Bertz CT molecular complexity index is 1290. The first-order valence-corrected chi connectivity index (χ1v) is 16.6. The first-order valence-electron chi connectivity index (χ1n) is 15.2. The van der Waals surface area contributed by atoms with Crippen molar-refractivity contribution in [3.63, 3.8) is 0 Å². The van der Waals surface area contributed by atoms with Crippen LogP contribution in [0, 0.1) is 5.41 Å². The quantitative estimate of drug-likeness (QED) is 0.110. The van der Waals surface area contributed by atoms with Crippen LogP contribution in [0.25, 0.3) is 0 Å². The minimum absolute atomic E-state index is 0.0178. The summed E-state index contributed by atoms with van der Waals surface area (Å²) in [6.45, 7) is 2.92. The highest BCUT2D eigenvalue weighted by atomic mass is 35.5. The molecule has 0 aliphatic heterocycles. The number of hydrogen-bond donors (Lipinski definition) is 0. The maximum atomic E-state index is 13.4. The Morgan fingerprint density at radius 2 is 1.34 bits per heavy atom. The van der Waals surface area contributed by atoms with Crippen molar-refractivity contribution in [3.8, 4) is 0 Å². The number of halogens is 9. The summed E-state index contributed by atoms with van der Waals surface area (Å²) in [5.41, 5.74) is -3.59. The maximum Gasteiger partial charge on any atom is 0.416 e. The van der Waals surface area contributed by atoms with Gasteiger partial charge >= 0.3 is 12.4 Å². The number of hydrogen-bond acceptors (Lipinski definition) is 4. The molecule has 0 radical (unpaired) electrons. The van der Waals surface area contributed by atoms with Crippen LogP contribution in [0.1, 0.15) is 100.0 Å². The molecule has 0 bridgehead atoms. The van der Waals surface area contributed by atoms with E-state index in [4.69, 9.17) is 39.5 Å². The molecule has 0 heterocycles. The van der Waals surface area contributed by atoms with Crippen molar-refractivity contribution >= 4 is 51.6 Å². The number of carbonyl (C=O) groups is 3. The number of Topliss-reactive ketones (excluding diaryl/α,β-unsaturated/α-hetero) is 2. The van der Waals surface area contributed by atoms with Gasteiger partial charge in [0.15, 0.2) is 0 Å². The molecule has 2 aromatic rings. The summed E-state index contributed by atoms with van der Waals surface area (Å²) in [6.07, 6.45) is -7.23. The highest BCUT2D eigenvalue weighted by Gasteiger charge is 2.47. The van der Waals surface area contributed by atoms with Gasteiger partial charge in [-0.15, -0.1) is 23.2 Å². The van der Waals surface area contributed by atoms with E-state index >= 15 is 0 Å². The molecule has 0 amide bonds. The molecule has 47 heavy (non-hydrogen) atoms. The number of ketones is 2. The van der Waals surface area contributed by atoms with Crippen molar-refractivity contribution < 1.29 is 45.5 Å². The Morgan fingerprint density at radius 1 is 0.830 bits per heavy atom. The van der Waals surface area contributed by atoms with Crippen LogP contribution in [0.15, 0.2) is 48.5 Å². The van der Waals surface area contributed by atoms with Crippen molar-refractivity contribution in [3.05, 3.63) is 70.8 Å². The third-order valence-corrected chi connectivity index (χ3v) is 9.34. The Morgan fingerprint density at radius 3 is 1.77 bits per heavy atom. The van der Waals surface area contributed by atoms with Gasteiger partial charge in [0.2, 0.25) is 5.24 Å². The lowest BCUT2D eigenvalue weighted by Gasteiger charge is -2.46. The molecular weight excluding hydrogens is 693 g/mol. The van der Waals surface area contributed by atoms with Crippen LogP contribution in [-0.4, -0.2) is 35.2 Å². The smallest absolute Gasteiger partial charge is 0.373 e. The summed E-state index contributed by atoms with van der Waals surface area (Å²) in [4.78, 5) is 35.3. The predicted molar refractivity (Wildman–Crippen MR) is 171 cm³/mol. The van der Waals surface area contributed by atoms with Crippen LogP contribution in [0.3, 0.4) is 0 Å². The fraction of sp³-hybridized carbons (Fsp3) is 0.559. The van der Waals surface area contributed by atoms with E-state index < -0.39 is 40.4 Å². The molecule has 1 saturated carbocycles. The van der Waals surface area contributed by atoms with Crippen LogP contribution < -0.4 is 0 Å². The average Bonchev–Trinajstić information content (AvgIpc) is 3.02. The van der Waals surface area contributed by atoms with E-state index in [1.807, 2.05) is 30.3 Å². The normalized spacial score (nSPS) is 20.6. The van der Waals surface area contributed by atoms with Crippen LogP contribution in [0.4, 0.5) is 26.3 Å². The SMILES string of the molecule is CC(=O)C1(CC(=O)CCCCl)CCC(CO[C@H](C)c2cc(C(F)(F)F)cc(C(F)(F)F)c2)(c2ccccc2)CC1.O=C(Cl)CCCCl. The fourth-order valence-electron chi connectivity index (χ4n) is 5.70. The topological polar surface area (TPSA) is 60.4 Å². The molecule has 2 aromatic carbocycles. The standard InChI is InChI=1S/C30H33ClF6O3.C4H6Cl2O/c1-20(22-15-24(29(32,33)34)17-25(16-22)30(35,36)37)40-19-28(23-7-4-3-5-8-23)12-10-27(11-13-28,21(2)38)18-26(39)9-6-14-31;5-3-1-2-4(6)7/h3-5,7-8,15-17,20H,6,9-14,18-19H2,1-2H3;1-3H2/t20-,27?,28?;/m1./s1. The second-order valence-corrected chi connectivity index (χ2v) is 13.1. The molecule has 0 aromatic heterocycles. The number of carbonyl (C=O) groups excluding carboxylic acids is 3. The Balaban J connectivity index is 0.000000984. The molecule has 1 atom stereocenters. The summed E-state index contributed by atoms with van der Waals surface area (Å²) in [7, 11) is 0. The lowest BCUT2D eigenvalue weighted by atomic mass is 9.58. The highest BCUT2D eigenvalue weighted by Crippen LogP contribution is 2.50. The predicted octanol–water partition coefficient (Wildman–Crippen LogP) is 10.6. The summed E-state index contributed by atoms with van der Waals surface area (Å²) in [6, 6.07) is 10.8. The zero-order valence-electron chi connectivity index (χ0n) is 26.2. The first-order chi connectivity index (χ1) is 21.9. The summed E-state index contributed by atoms with van der Waals surface area (Å²) < 4.78 is 86.4. The molecule has 0 unspecified atom stereocenters. The lowest BCUT2D eigenvalue weighted by Crippen LogP contribution is -2.44. The van der Waals surface area contributed by atoms with Crippen molar-refractivity contribution in [2.75, 3.05) is 18.4 Å². The van der Waals surface area contributed by atoms with Crippen LogP contribution in [-0.2, 0) is 36.9 Å². The third kappa shape index (κ3) is 12.4. The van der Waals surface area contributed by atoms with Gasteiger partial charge in [-0.05, 0) is 93.3 Å². The van der Waals surface area contributed by atoms with E-state index in [2.05, 4.69) is 0 Å². The first kappa shape index (κ1) is 41.0. The second-order valence-electron chi connectivity index (χ2n) is 11.9. The third-order valence-electron chi connectivity index (χ3n) is 8.62. The van der Waals surface area contributed by atoms with Gasteiger partial charge in [-0.1, -0.05) is 30.3 Å². The molecule has 0 saturated heterocycles. The fourth-order valence-corrected chi connectivity index (χ4v) is 6.10. The number of alkyl halides is 8. The van der Waals surface area contributed by atoms with E-state index in [0.717, 1.165) is 5.56 Å². The lowest BCUT2D eigenvalue weighted by molar-refractivity contribution is -0.143. The van der Waals surface area contributed by atoms with Gasteiger partial charge in [-0.3, -0.25) is 14.4 Å². The average molecular weight is 732 g/mol. The minimum atomic E-state index is -4.96. The summed E-state index contributed by atoms with van der Waals surface area (Å²) >= 11 is 15.9. The molecular formula is C34H39Cl3F6O4. The Kier molecular flexibility index (Phi) is 15.7. The summed E-state index contributed by atoms with van der Waals surface area (Å²) in [5, 5.41) is -0.305. The summed E-state index contributed by atoms with van der Waals surface area (Å²) in [5.74, 6) is 0.754. The van der Waals surface area contributed by atoms with Crippen molar-refractivity contribution in [2.45, 2.75) is 95.5 Å². The van der Waals surface area contributed by atoms with Gasteiger partial charge in [0.1, 0.15) is 11.6 Å². The monoisotopic (exact) mass is 730 g/mol. The van der Waals surface area contributed by atoms with Gasteiger partial charge in [0.05, 0.1) is 23.8 Å². The van der Waals surface area contributed by atoms with Gasteiger partial charge in [-0.2, -0.15) is 26.3 Å². The maximum absolute atomic E-state index is 13.4. The molecule has 0 spiro atoms. The van der Waals surface area contributed by atoms with Crippen molar-refractivity contribution in [2.24, 2.45) is 5.41 Å². The molecule has 3 rings (SSSR count). The molecule has 1 aliphatic carbocycles. The van der Waals surface area contributed by atoms with E-state index in [0.29, 0.717) is 75.3 Å². The molecule has 1 fully saturated rings. The van der Waals surface area contributed by atoms with E-state index in [1.165, 1.54) is 13.8 Å². The Hall–Kier alpha value is -2.14. The van der Waals surface area contributed by atoms with Gasteiger partial charge in [-0.25, -0.2) is 0 Å². The van der Waals surface area contributed by atoms with Crippen molar-refractivity contribution in [1.82, 2.24) is 0 Å². The number of rotatable bonds is 14. The largest absolute Gasteiger partial charge is 0.416 e. The molecule has 4 nitrogen and oxygen atoms in total. The van der Waals surface area contributed by atoms with Gasteiger partial charge < -0.3 is 4.74 Å². The van der Waals surface area contributed by atoms with Gasteiger partial charge in [0.25, 0.3) is 0 Å². The van der Waals surface area contributed by atoms with Crippen LogP contribution in [0.2, 0.25) is 0 Å². The zero-order valence-corrected chi connectivity index (χ0v) is 28.5. The van der Waals surface area contributed by atoms with Gasteiger partial charge in [0, 0.05) is 41.9 Å². The second kappa shape index (κ2) is 18.0. The van der Waals surface area contributed by atoms with E-state index in [9.17, 15) is 40.7 Å². The van der Waals surface area contributed by atoms with E-state index in [1.54, 1.807) is 0 Å². The number of benzene rings is 2. The molecule has 262 valence electrons. The molecule has 13 heteroatoms. The zero-order chi connectivity index (χ0) is 35.5. The molecule has 0 N–H and O–H groups in total. The minimum Gasteiger partial charge on any atom is -0.373 e. The van der Waals surface area contributed by atoms with Crippen molar-refractivity contribution in [1.29, 1.82) is 0 Å². The highest BCUT2D eigenvalue weighted by molar-refractivity contribution is 6.63.